The van der Waals surface area contributed by atoms with Crippen LogP contribution in [0.25, 0.3) is 17.1 Å². The zero-order chi connectivity index (χ0) is 20.9. The number of nitrogens with one attached hydrogen (secondary N) is 1. The number of para-hydroxylation sites is 1. The minimum absolute atomic E-state index is 0.0326. The first kappa shape index (κ1) is 20.3. The summed E-state index contributed by atoms with van der Waals surface area (Å²) in [5.41, 5.74) is 1.80. The average Bonchev–Trinajstić information content (AvgIpc) is 3.02. The number of hydrogen-bond donors (Lipinski definition) is 1. The minimum atomic E-state index is -0.0326. The van der Waals surface area contributed by atoms with E-state index in [1.54, 1.807) is 0 Å². The smallest absolute Gasteiger partial charge is 0.230 e. The molecule has 8 heteroatoms. The highest BCUT2D eigenvalue weighted by Gasteiger charge is 2.19. The normalized spacial score (nSPS) is 13.2. The molecule has 0 unspecified atom stereocenters. The van der Waals surface area contributed by atoms with Crippen LogP contribution in [0.15, 0.2) is 53.7 Å². The van der Waals surface area contributed by atoms with Crippen LogP contribution < -0.4 is 14.8 Å². The zero-order valence-corrected chi connectivity index (χ0v) is 17.8. The van der Waals surface area contributed by atoms with E-state index >= 15 is 0 Å². The molecule has 0 radical (unpaired) electrons. The molecule has 0 bridgehead atoms. The molecule has 30 heavy (non-hydrogen) atoms. The maximum atomic E-state index is 12.1. The molecule has 7 nitrogen and oxygen atoms in total. The molecule has 0 spiro atoms. The fraction of sp³-hybridized carbons (Fsp3) is 0.318. The van der Waals surface area contributed by atoms with Crippen LogP contribution in [0, 0.1) is 0 Å². The molecule has 1 aromatic heterocycles. The van der Waals surface area contributed by atoms with Crippen LogP contribution in [0.2, 0.25) is 0 Å². The van der Waals surface area contributed by atoms with E-state index in [4.69, 9.17) is 9.47 Å². The zero-order valence-electron chi connectivity index (χ0n) is 17.0. The Balaban J connectivity index is 1.69. The molecule has 0 aliphatic carbocycles. The first-order chi connectivity index (χ1) is 14.6. The van der Waals surface area contributed by atoms with E-state index in [-0.39, 0.29) is 17.7 Å². The Hall–Kier alpha value is -3.00. The van der Waals surface area contributed by atoms with E-state index in [1.165, 1.54) is 11.8 Å². The van der Waals surface area contributed by atoms with Crippen molar-refractivity contribution in [1.82, 2.24) is 20.1 Å². The van der Waals surface area contributed by atoms with Gasteiger partial charge in [0.2, 0.25) is 5.91 Å². The number of fused-ring (bicyclic) bond motifs is 1. The number of carbonyl (C=O) groups is 1. The van der Waals surface area contributed by atoms with Crippen molar-refractivity contribution >= 4 is 17.7 Å². The molecular weight excluding hydrogens is 400 g/mol. The second kappa shape index (κ2) is 9.21. The molecule has 0 atom stereocenters. The highest BCUT2D eigenvalue weighted by Crippen LogP contribution is 2.35. The monoisotopic (exact) mass is 424 g/mol. The molecule has 0 saturated heterocycles. The largest absolute Gasteiger partial charge is 0.490 e. The predicted octanol–water partition coefficient (Wildman–Crippen LogP) is 3.71. The second-order valence-corrected chi connectivity index (χ2v) is 8.14. The van der Waals surface area contributed by atoms with Gasteiger partial charge in [-0.2, -0.15) is 0 Å². The average molecular weight is 425 g/mol. The van der Waals surface area contributed by atoms with Gasteiger partial charge in [0.05, 0.1) is 19.0 Å². The van der Waals surface area contributed by atoms with Crippen LogP contribution in [0.1, 0.15) is 20.3 Å². The van der Waals surface area contributed by atoms with Gasteiger partial charge in [-0.25, -0.2) is 0 Å². The quantitative estimate of drug-likeness (QED) is 0.608. The first-order valence-corrected chi connectivity index (χ1v) is 10.9. The molecule has 3 aromatic rings. The Labute approximate surface area is 179 Å². The number of thioether (sulfide) groups is 1. The summed E-state index contributed by atoms with van der Waals surface area (Å²) in [5, 5.41) is 12.4. The summed E-state index contributed by atoms with van der Waals surface area (Å²) in [7, 11) is 0. The SMILES string of the molecule is CC(C)NC(=O)CSc1nnc(-c2ccc3c(c2)OCCCO3)n1-c1ccccc1. The maximum absolute atomic E-state index is 12.1. The van der Waals surface area contributed by atoms with Crippen molar-refractivity contribution in [2.75, 3.05) is 19.0 Å². The summed E-state index contributed by atoms with van der Waals surface area (Å²) < 4.78 is 13.5. The minimum Gasteiger partial charge on any atom is -0.490 e. The Kier molecular flexibility index (Phi) is 6.23. The summed E-state index contributed by atoms with van der Waals surface area (Å²) in [4.78, 5) is 12.1. The van der Waals surface area contributed by atoms with Gasteiger partial charge in [0.15, 0.2) is 22.5 Å². The number of hydrogen-bond acceptors (Lipinski definition) is 6. The van der Waals surface area contributed by atoms with Crippen LogP contribution in [0.4, 0.5) is 0 Å². The molecular formula is C22H24N4O3S. The van der Waals surface area contributed by atoms with Gasteiger partial charge in [0.1, 0.15) is 0 Å². The molecule has 1 aliphatic heterocycles. The van der Waals surface area contributed by atoms with E-state index in [2.05, 4.69) is 15.5 Å². The molecule has 1 amide bonds. The lowest BCUT2D eigenvalue weighted by Crippen LogP contribution is -2.31. The molecule has 4 rings (SSSR count). The van der Waals surface area contributed by atoms with Gasteiger partial charge in [-0.1, -0.05) is 30.0 Å². The van der Waals surface area contributed by atoms with E-state index in [0.29, 0.717) is 29.9 Å². The van der Waals surface area contributed by atoms with Crippen molar-refractivity contribution in [3.63, 3.8) is 0 Å². The fourth-order valence-electron chi connectivity index (χ4n) is 3.16. The lowest BCUT2D eigenvalue weighted by atomic mass is 10.2. The van der Waals surface area contributed by atoms with Gasteiger partial charge in [-0.15, -0.1) is 10.2 Å². The summed E-state index contributed by atoms with van der Waals surface area (Å²) in [5.74, 6) is 2.36. The molecule has 1 N–H and O–H groups in total. The van der Waals surface area contributed by atoms with Crippen molar-refractivity contribution in [2.45, 2.75) is 31.5 Å². The number of benzene rings is 2. The lowest BCUT2D eigenvalue weighted by Gasteiger charge is -2.12. The third kappa shape index (κ3) is 4.59. The summed E-state index contributed by atoms with van der Waals surface area (Å²) >= 11 is 1.36. The second-order valence-electron chi connectivity index (χ2n) is 7.20. The molecule has 1 aliphatic rings. The van der Waals surface area contributed by atoms with Crippen molar-refractivity contribution in [2.24, 2.45) is 0 Å². The third-order valence-electron chi connectivity index (χ3n) is 4.44. The van der Waals surface area contributed by atoms with Gasteiger partial charge in [-0.05, 0) is 44.2 Å². The van der Waals surface area contributed by atoms with Gasteiger partial charge in [0, 0.05) is 23.7 Å². The standard InChI is InChI=1S/C22H24N4O3S/c1-15(2)23-20(27)14-30-22-25-24-21(26(22)17-7-4-3-5-8-17)16-9-10-18-19(13-16)29-12-6-11-28-18/h3-5,7-10,13,15H,6,11-12,14H2,1-2H3,(H,23,27). The molecule has 2 aromatic carbocycles. The summed E-state index contributed by atoms with van der Waals surface area (Å²) in [6.45, 7) is 5.15. The van der Waals surface area contributed by atoms with Gasteiger partial charge in [0.25, 0.3) is 0 Å². The van der Waals surface area contributed by atoms with Crippen LogP contribution in [-0.2, 0) is 4.79 Å². The summed E-state index contributed by atoms with van der Waals surface area (Å²) in [6, 6.07) is 15.8. The number of carbonyl (C=O) groups excluding carboxylic acids is 1. The maximum Gasteiger partial charge on any atom is 0.230 e. The molecule has 2 heterocycles. The van der Waals surface area contributed by atoms with E-state index in [0.717, 1.165) is 23.4 Å². The molecule has 0 saturated carbocycles. The number of amides is 1. The van der Waals surface area contributed by atoms with E-state index < -0.39 is 0 Å². The fourth-order valence-corrected chi connectivity index (χ4v) is 3.92. The van der Waals surface area contributed by atoms with Crippen molar-refractivity contribution < 1.29 is 14.3 Å². The predicted molar refractivity (Wildman–Crippen MR) is 116 cm³/mol. The van der Waals surface area contributed by atoms with Crippen molar-refractivity contribution in [3.8, 4) is 28.6 Å². The lowest BCUT2D eigenvalue weighted by molar-refractivity contribution is -0.119. The first-order valence-electron chi connectivity index (χ1n) is 9.95. The number of nitrogens with zero attached hydrogens (tertiary/aromatic N) is 3. The van der Waals surface area contributed by atoms with E-state index in [1.807, 2.05) is 66.9 Å². The highest BCUT2D eigenvalue weighted by atomic mass is 32.2. The van der Waals surface area contributed by atoms with Gasteiger partial charge >= 0.3 is 0 Å². The van der Waals surface area contributed by atoms with Crippen molar-refractivity contribution in [3.05, 3.63) is 48.5 Å². The topological polar surface area (TPSA) is 78.3 Å². The number of ether oxygens (including phenoxy) is 2. The van der Waals surface area contributed by atoms with Crippen LogP contribution >= 0.6 is 11.8 Å². The third-order valence-corrected chi connectivity index (χ3v) is 5.36. The summed E-state index contributed by atoms with van der Waals surface area (Å²) in [6.07, 6.45) is 0.851. The molecule has 0 fully saturated rings. The van der Waals surface area contributed by atoms with Crippen LogP contribution in [0.3, 0.4) is 0 Å². The van der Waals surface area contributed by atoms with Crippen LogP contribution in [-0.4, -0.2) is 45.7 Å². The Bertz CT molecular complexity index is 1020. The van der Waals surface area contributed by atoms with Crippen LogP contribution in [0.5, 0.6) is 11.5 Å². The van der Waals surface area contributed by atoms with Crippen molar-refractivity contribution in [1.29, 1.82) is 0 Å². The highest BCUT2D eigenvalue weighted by molar-refractivity contribution is 7.99. The van der Waals surface area contributed by atoms with Gasteiger partial charge in [-0.3, -0.25) is 9.36 Å². The molecule has 156 valence electrons. The number of rotatable bonds is 6. The van der Waals surface area contributed by atoms with Gasteiger partial charge < -0.3 is 14.8 Å². The Morgan fingerprint density at radius 3 is 2.63 bits per heavy atom. The Morgan fingerprint density at radius 1 is 1.10 bits per heavy atom. The Morgan fingerprint density at radius 2 is 1.87 bits per heavy atom. The number of aromatic nitrogens is 3. The van der Waals surface area contributed by atoms with E-state index in [9.17, 15) is 4.79 Å².